The third-order valence-corrected chi connectivity index (χ3v) is 6.42. The fraction of sp³-hybridized carbons (Fsp3) is 0.261. The van der Waals surface area contributed by atoms with Gasteiger partial charge in [0.25, 0.3) is 0 Å². The number of hydrogen-bond donors (Lipinski definition) is 1. The molecular formula is C23H21Cl2N3O3S. The molecule has 32 heavy (non-hydrogen) atoms. The zero-order valence-corrected chi connectivity index (χ0v) is 19.6. The van der Waals surface area contributed by atoms with Gasteiger partial charge in [-0.1, -0.05) is 29.3 Å². The molecule has 1 fully saturated rings. The fourth-order valence-electron chi connectivity index (χ4n) is 3.77. The van der Waals surface area contributed by atoms with Crippen LogP contribution in [0.5, 0.6) is 0 Å². The Balaban J connectivity index is 1.65. The van der Waals surface area contributed by atoms with Crippen LogP contribution in [0.4, 0.5) is 0 Å². The second-order valence-electron chi connectivity index (χ2n) is 7.33. The van der Waals surface area contributed by atoms with E-state index >= 15 is 0 Å². The number of nitrogens with one attached hydrogen (secondary N) is 1. The van der Waals surface area contributed by atoms with Gasteiger partial charge >= 0.3 is 5.97 Å². The largest absolute Gasteiger partial charge is 0.469 e. The van der Waals surface area contributed by atoms with Crippen molar-refractivity contribution in [1.82, 2.24) is 15.2 Å². The average molecular weight is 490 g/mol. The number of pyridine rings is 1. The summed E-state index contributed by atoms with van der Waals surface area (Å²) >= 11 is 17.9. The number of furan rings is 1. The van der Waals surface area contributed by atoms with Crippen molar-refractivity contribution in [3.05, 3.63) is 76.2 Å². The lowest BCUT2D eigenvalue weighted by Gasteiger charge is -2.25. The first-order valence-electron chi connectivity index (χ1n) is 10.1. The van der Waals surface area contributed by atoms with E-state index in [-0.39, 0.29) is 18.1 Å². The molecule has 1 aromatic carbocycles. The van der Waals surface area contributed by atoms with Gasteiger partial charge in [0.2, 0.25) is 0 Å². The van der Waals surface area contributed by atoms with Crippen molar-refractivity contribution in [2.24, 2.45) is 0 Å². The lowest BCUT2D eigenvalue weighted by atomic mass is 10.0. The number of benzene rings is 1. The minimum atomic E-state index is -0.249. The molecule has 0 radical (unpaired) electrons. The molecule has 4 rings (SSSR count). The molecule has 0 aliphatic carbocycles. The third-order valence-electron chi connectivity index (χ3n) is 5.33. The number of carbonyl (C=O) groups excluding carboxylic acids is 1. The molecule has 166 valence electrons. The van der Waals surface area contributed by atoms with Crippen LogP contribution >= 0.6 is 35.4 Å². The van der Waals surface area contributed by atoms with Crippen molar-refractivity contribution in [2.75, 3.05) is 13.7 Å². The van der Waals surface area contributed by atoms with Crippen molar-refractivity contribution in [3.63, 3.8) is 0 Å². The Hall–Kier alpha value is -2.61. The molecule has 1 aliphatic rings. The Bertz CT molecular complexity index is 1120. The van der Waals surface area contributed by atoms with Gasteiger partial charge in [0, 0.05) is 24.7 Å². The number of rotatable bonds is 7. The van der Waals surface area contributed by atoms with Gasteiger partial charge in [-0.25, -0.2) is 0 Å². The summed E-state index contributed by atoms with van der Waals surface area (Å²) in [5.41, 5.74) is 1.67. The van der Waals surface area contributed by atoms with E-state index in [0.29, 0.717) is 40.3 Å². The lowest BCUT2D eigenvalue weighted by molar-refractivity contribution is -0.140. The highest BCUT2D eigenvalue weighted by Gasteiger charge is 2.41. The van der Waals surface area contributed by atoms with Crippen LogP contribution in [0.25, 0.3) is 11.3 Å². The SMILES string of the molecule is COC(=O)CCCN1C(=S)N[C@H](c2ccccn2)[C@H]1c1ccc(-c2ccc(Cl)c(Cl)c2)o1. The lowest BCUT2D eigenvalue weighted by Crippen LogP contribution is -2.30. The van der Waals surface area contributed by atoms with Crippen molar-refractivity contribution >= 4 is 46.5 Å². The van der Waals surface area contributed by atoms with Gasteiger partial charge in [0.15, 0.2) is 5.11 Å². The van der Waals surface area contributed by atoms with Gasteiger partial charge < -0.3 is 19.4 Å². The number of hydrogen-bond acceptors (Lipinski definition) is 5. The van der Waals surface area contributed by atoms with Crippen LogP contribution in [-0.4, -0.2) is 34.6 Å². The standard InChI is InChI=1S/C23H21Cl2N3O3S/c1-30-20(29)6-4-12-28-22(21(27-23(28)32)17-5-2-3-11-26-17)19-10-9-18(31-19)14-7-8-15(24)16(25)13-14/h2-3,5,7-11,13,21-22H,4,6,12H2,1H3,(H,27,32)/t21-,22-/m1/s1. The molecule has 0 bridgehead atoms. The molecule has 0 unspecified atom stereocenters. The smallest absolute Gasteiger partial charge is 0.305 e. The van der Waals surface area contributed by atoms with E-state index in [1.807, 2.05) is 41.3 Å². The number of carbonyl (C=O) groups is 1. The van der Waals surface area contributed by atoms with E-state index in [2.05, 4.69) is 10.3 Å². The number of ether oxygens (including phenoxy) is 1. The molecule has 2 aromatic heterocycles. The minimum Gasteiger partial charge on any atom is -0.469 e. The molecule has 9 heteroatoms. The quantitative estimate of drug-likeness (QED) is 0.343. The average Bonchev–Trinajstić information content (AvgIpc) is 3.41. The molecule has 0 spiro atoms. The third kappa shape index (κ3) is 4.75. The van der Waals surface area contributed by atoms with Crippen LogP contribution in [0, 0.1) is 0 Å². The zero-order chi connectivity index (χ0) is 22.7. The highest BCUT2D eigenvalue weighted by Crippen LogP contribution is 2.41. The normalized spacial score (nSPS) is 18.0. The highest BCUT2D eigenvalue weighted by molar-refractivity contribution is 7.80. The Kier molecular flexibility index (Phi) is 6.98. The van der Waals surface area contributed by atoms with E-state index in [0.717, 1.165) is 17.0 Å². The molecule has 1 saturated heterocycles. The van der Waals surface area contributed by atoms with Crippen LogP contribution < -0.4 is 5.32 Å². The topological polar surface area (TPSA) is 67.6 Å². The van der Waals surface area contributed by atoms with E-state index in [1.54, 1.807) is 18.3 Å². The van der Waals surface area contributed by atoms with E-state index in [9.17, 15) is 4.79 Å². The van der Waals surface area contributed by atoms with Crippen molar-refractivity contribution in [3.8, 4) is 11.3 Å². The molecule has 1 aliphatic heterocycles. The van der Waals surface area contributed by atoms with E-state index in [4.69, 9.17) is 44.6 Å². The first-order valence-corrected chi connectivity index (χ1v) is 11.2. The molecule has 2 atom stereocenters. The second kappa shape index (κ2) is 9.90. The molecule has 3 heterocycles. The molecule has 0 saturated carbocycles. The maximum Gasteiger partial charge on any atom is 0.305 e. The Morgan fingerprint density at radius 2 is 2.06 bits per heavy atom. The maximum atomic E-state index is 11.6. The molecule has 0 amide bonds. The monoisotopic (exact) mass is 489 g/mol. The summed E-state index contributed by atoms with van der Waals surface area (Å²) < 4.78 is 11.0. The fourth-order valence-corrected chi connectivity index (χ4v) is 4.40. The minimum absolute atomic E-state index is 0.199. The first kappa shape index (κ1) is 22.6. The van der Waals surface area contributed by atoms with Gasteiger partial charge in [-0.3, -0.25) is 9.78 Å². The number of halogens is 2. The summed E-state index contributed by atoms with van der Waals surface area (Å²) in [5.74, 6) is 1.15. The van der Waals surface area contributed by atoms with Gasteiger partial charge in [0.1, 0.15) is 17.6 Å². The summed E-state index contributed by atoms with van der Waals surface area (Å²) in [6.07, 6.45) is 2.66. The summed E-state index contributed by atoms with van der Waals surface area (Å²) in [7, 11) is 1.39. The second-order valence-corrected chi connectivity index (χ2v) is 8.53. The summed E-state index contributed by atoms with van der Waals surface area (Å²) in [5, 5.41) is 4.90. The number of esters is 1. The maximum absolute atomic E-state index is 11.6. The van der Waals surface area contributed by atoms with Gasteiger partial charge in [-0.2, -0.15) is 0 Å². The molecule has 6 nitrogen and oxygen atoms in total. The number of aromatic nitrogens is 1. The molecular weight excluding hydrogens is 469 g/mol. The Morgan fingerprint density at radius 3 is 2.78 bits per heavy atom. The Morgan fingerprint density at radius 1 is 1.22 bits per heavy atom. The summed E-state index contributed by atoms with van der Waals surface area (Å²) in [6.45, 7) is 0.567. The van der Waals surface area contributed by atoms with Gasteiger partial charge in [-0.05, 0) is 61.1 Å². The van der Waals surface area contributed by atoms with E-state index in [1.165, 1.54) is 7.11 Å². The van der Waals surface area contributed by atoms with Crippen LogP contribution in [-0.2, 0) is 9.53 Å². The molecule has 3 aromatic rings. The predicted molar refractivity (Wildman–Crippen MR) is 128 cm³/mol. The van der Waals surface area contributed by atoms with E-state index < -0.39 is 0 Å². The number of methoxy groups -OCH3 is 1. The summed E-state index contributed by atoms with van der Waals surface area (Å²) in [6, 6.07) is 14.5. The van der Waals surface area contributed by atoms with Crippen molar-refractivity contribution < 1.29 is 13.9 Å². The molecule has 1 N–H and O–H groups in total. The zero-order valence-electron chi connectivity index (χ0n) is 17.3. The van der Waals surface area contributed by atoms with Crippen molar-refractivity contribution in [1.29, 1.82) is 0 Å². The summed E-state index contributed by atoms with van der Waals surface area (Å²) in [4.78, 5) is 18.1. The highest BCUT2D eigenvalue weighted by atomic mass is 35.5. The van der Waals surface area contributed by atoms with Crippen LogP contribution in [0.2, 0.25) is 10.0 Å². The van der Waals surface area contributed by atoms with Crippen molar-refractivity contribution in [2.45, 2.75) is 24.9 Å². The van der Waals surface area contributed by atoms with Crippen LogP contribution in [0.15, 0.2) is 59.1 Å². The van der Waals surface area contributed by atoms with Crippen LogP contribution in [0.1, 0.15) is 36.4 Å². The first-order chi connectivity index (χ1) is 15.5. The Labute approximate surface area is 201 Å². The van der Waals surface area contributed by atoms with Gasteiger partial charge in [0.05, 0.1) is 28.9 Å². The van der Waals surface area contributed by atoms with Gasteiger partial charge in [-0.15, -0.1) is 0 Å². The van der Waals surface area contributed by atoms with Crippen LogP contribution in [0.3, 0.4) is 0 Å². The predicted octanol–water partition coefficient (Wildman–Crippen LogP) is 5.57. The number of thiocarbonyl (C=S) groups is 1. The number of nitrogens with zero attached hydrogens (tertiary/aromatic N) is 2.